The Bertz CT molecular complexity index is 684. The van der Waals surface area contributed by atoms with E-state index >= 15 is 0 Å². The number of pyridine rings is 1. The predicted molar refractivity (Wildman–Crippen MR) is 93.3 cm³/mol. The van der Waals surface area contributed by atoms with Gasteiger partial charge >= 0.3 is 0 Å². The molecule has 0 bridgehead atoms. The van der Waals surface area contributed by atoms with Crippen LogP contribution >= 0.6 is 43.5 Å². The van der Waals surface area contributed by atoms with Crippen molar-refractivity contribution in [2.75, 3.05) is 17.7 Å². The van der Waals surface area contributed by atoms with Crippen molar-refractivity contribution in [3.63, 3.8) is 0 Å². The fraction of sp³-hybridized carbons (Fsp3) is 0.143. The Morgan fingerprint density at radius 2 is 1.86 bits per heavy atom. The molecule has 0 saturated carbocycles. The molecular weight excluding hydrogens is 421 g/mol. The van der Waals surface area contributed by atoms with Gasteiger partial charge in [0.25, 0.3) is 5.91 Å². The number of rotatable bonds is 3. The summed E-state index contributed by atoms with van der Waals surface area (Å²) in [6.45, 7) is 1.97. The maximum Gasteiger partial charge on any atom is 0.257 e. The lowest BCUT2D eigenvalue weighted by atomic mass is 10.2. The first-order chi connectivity index (χ1) is 9.92. The number of hydrogen-bond acceptors (Lipinski definition) is 3. The molecule has 110 valence electrons. The zero-order valence-corrected chi connectivity index (χ0v) is 15.2. The van der Waals surface area contributed by atoms with Crippen molar-refractivity contribution in [3.8, 4) is 0 Å². The second-order valence-corrected chi connectivity index (χ2v) is 6.48. The van der Waals surface area contributed by atoms with Crippen LogP contribution < -0.4 is 10.6 Å². The zero-order valence-electron chi connectivity index (χ0n) is 11.3. The van der Waals surface area contributed by atoms with Crippen LogP contribution in [0.1, 0.15) is 15.9 Å². The van der Waals surface area contributed by atoms with Crippen molar-refractivity contribution < 1.29 is 4.79 Å². The highest BCUT2D eigenvalue weighted by Crippen LogP contribution is 2.32. The van der Waals surface area contributed by atoms with Crippen molar-refractivity contribution in [2.24, 2.45) is 0 Å². The molecule has 1 heterocycles. The van der Waals surface area contributed by atoms with Gasteiger partial charge in [0.15, 0.2) is 0 Å². The van der Waals surface area contributed by atoms with E-state index in [0.717, 1.165) is 14.5 Å². The molecule has 0 saturated heterocycles. The number of benzene rings is 1. The smallest absolute Gasteiger partial charge is 0.257 e. The molecule has 0 aliphatic rings. The van der Waals surface area contributed by atoms with E-state index in [4.69, 9.17) is 11.6 Å². The number of amides is 1. The number of nitrogens with one attached hydrogen (secondary N) is 2. The first-order valence-corrected chi connectivity index (χ1v) is 7.99. The Hall–Kier alpha value is -1.11. The molecule has 0 radical (unpaired) electrons. The van der Waals surface area contributed by atoms with Gasteiger partial charge in [-0.05, 0) is 62.5 Å². The minimum absolute atomic E-state index is 0.280. The summed E-state index contributed by atoms with van der Waals surface area (Å²) >= 11 is 12.9. The number of carbonyl (C=O) groups excluding carboxylic acids is 1. The molecule has 0 aliphatic heterocycles. The molecule has 21 heavy (non-hydrogen) atoms. The molecule has 4 nitrogen and oxygen atoms in total. The fourth-order valence-corrected chi connectivity index (χ4v) is 3.63. The number of carbonyl (C=O) groups is 1. The summed E-state index contributed by atoms with van der Waals surface area (Å²) in [5.74, 6) is 0.253. The first-order valence-electron chi connectivity index (χ1n) is 6.02. The Morgan fingerprint density at radius 1 is 1.24 bits per heavy atom. The zero-order chi connectivity index (χ0) is 15.6. The van der Waals surface area contributed by atoms with Crippen LogP contribution in [0.25, 0.3) is 0 Å². The van der Waals surface area contributed by atoms with Crippen LogP contribution in [0.3, 0.4) is 0 Å². The lowest BCUT2D eigenvalue weighted by Crippen LogP contribution is -2.13. The molecule has 0 aliphatic carbocycles. The number of nitrogens with zero attached hydrogens (tertiary/aromatic N) is 1. The summed E-state index contributed by atoms with van der Waals surface area (Å²) in [6, 6.07) is 5.43. The second kappa shape index (κ2) is 6.77. The standard InChI is InChI=1S/C14H12Br2ClN3O/c1-7-3-9(15)12(10(16)4-7)20-14(21)8-5-11(17)13(18-2)19-6-8/h3-6H,1-2H3,(H,18,19)(H,20,21). The van der Waals surface area contributed by atoms with E-state index in [1.165, 1.54) is 6.20 Å². The van der Waals surface area contributed by atoms with Gasteiger partial charge in [-0.25, -0.2) is 4.98 Å². The normalized spacial score (nSPS) is 10.3. The quantitative estimate of drug-likeness (QED) is 0.727. The lowest BCUT2D eigenvalue weighted by Gasteiger charge is -2.11. The summed E-state index contributed by atoms with van der Waals surface area (Å²) < 4.78 is 1.60. The van der Waals surface area contributed by atoms with Gasteiger partial charge in [-0.15, -0.1) is 0 Å². The van der Waals surface area contributed by atoms with Crippen LogP contribution in [0.2, 0.25) is 5.02 Å². The molecule has 0 atom stereocenters. The van der Waals surface area contributed by atoms with Crippen LogP contribution in [0.4, 0.5) is 11.5 Å². The predicted octanol–water partition coefficient (Wildman–Crippen LogP) is 4.86. The highest BCUT2D eigenvalue weighted by atomic mass is 79.9. The maximum atomic E-state index is 12.3. The van der Waals surface area contributed by atoms with E-state index in [9.17, 15) is 4.79 Å². The van der Waals surface area contributed by atoms with Gasteiger partial charge in [0.1, 0.15) is 5.82 Å². The number of hydrogen-bond donors (Lipinski definition) is 2. The third-order valence-corrected chi connectivity index (χ3v) is 4.30. The van der Waals surface area contributed by atoms with Gasteiger partial charge in [-0.3, -0.25) is 4.79 Å². The van der Waals surface area contributed by atoms with Gasteiger partial charge in [-0.1, -0.05) is 11.6 Å². The number of halogens is 3. The summed E-state index contributed by atoms with van der Waals surface area (Å²) in [7, 11) is 1.72. The van der Waals surface area contributed by atoms with E-state index in [0.29, 0.717) is 22.1 Å². The van der Waals surface area contributed by atoms with E-state index in [-0.39, 0.29) is 5.91 Å². The molecule has 0 fully saturated rings. The molecule has 2 aromatic rings. The molecule has 1 aromatic heterocycles. The Kier molecular flexibility index (Phi) is 5.24. The number of aromatic nitrogens is 1. The van der Waals surface area contributed by atoms with Gasteiger partial charge in [-0.2, -0.15) is 0 Å². The average molecular weight is 434 g/mol. The number of anilines is 2. The molecular formula is C14H12Br2ClN3O. The molecule has 1 aromatic carbocycles. The Labute approximate surface area is 144 Å². The largest absolute Gasteiger partial charge is 0.372 e. The monoisotopic (exact) mass is 431 g/mol. The molecule has 0 spiro atoms. The topological polar surface area (TPSA) is 54.0 Å². The highest BCUT2D eigenvalue weighted by Gasteiger charge is 2.13. The minimum atomic E-state index is -0.280. The van der Waals surface area contributed by atoms with Gasteiger partial charge in [0, 0.05) is 22.2 Å². The van der Waals surface area contributed by atoms with Crippen molar-refractivity contribution in [1.82, 2.24) is 4.98 Å². The molecule has 0 unspecified atom stereocenters. The Balaban J connectivity index is 2.28. The molecule has 1 amide bonds. The lowest BCUT2D eigenvalue weighted by molar-refractivity contribution is 0.102. The fourth-order valence-electron chi connectivity index (χ4n) is 1.75. The van der Waals surface area contributed by atoms with Crippen molar-refractivity contribution in [3.05, 3.63) is 49.5 Å². The summed E-state index contributed by atoms with van der Waals surface area (Å²) in [6.07, 6.45) is 1.48. The van der Waals surface area contributed by atoms with Gasteiger partial charge < -0.3 is 10.6 Å². The van der Waals surface area contributed by atoms with Crippen molar-refractivity contribution in [2.45, 2.75) is 6.92 Å². The van der Waals surface area contributed by atoms with E-state index in [2.05, 4.69) is 47.5 Å². The van der Waals surface area contributed by atoms with Crippen LogP contribution in [0.15, 0.2) is 33.3 Å². The maximum absolute atomic E-state index is 12.3. The van der Waals surface area contributed by atoms with E-state index in [1.807, 2.05) is 19.1 Å². The third-order valence-electron chi connectivity index (χ3n) is 2.77. The summed E-state index contributed by atoms with van der Waals surface area (Å²) in [5, 5.41) is 6.08. The minimum Gasteiger partial charge on any atom is -0.372 e. The number of aryl methyl sites for hydroxylation is 1. The summed E-state index contributed by atoms with van der Waals surface area (Å²) in [4.78, 5) is 16.4. The second-order valence-electron chi connectivity index (χ2n) is 4.36. The van der Waals surface area contributed by atoms with Crippen LogP contribution in [0, 0.1) is 6.92 Å². The van der Waals surface area contributed by atoms with Gasteiger partial charge in [0.05, 0.1) is 16.3 Å². The van der Waals surface area contributed by atoms with Crippen LogP contribution in [0.5, 0.6) is 0 Å². The first kappa shape index (κ1) is 16.3. The van der Waals surface area contributed by atoms with Crippen molar-refractivity contribution in [1.29, 1.82) is 0 Å². The average Bonchev–Trinajstić information content (AvgIpc) is 2.42. The van der Waals surface area contributed by atoms with E-state index < -0.39 is 0 Å². The summed E-state index contributed by atoms with van der Waals surface area (Å²) in [5.41, 5.74) is 2.13. The molecule has 2 N–H and O–H groups in total. The van der Waals surface area contributed by atoms with Crippen LogP contribution in [-0.4, -0.2) is 17.9 Å². The van der Waals surface area contributed by atoms with Crippen LogP contribution in [-0.2, 0) is 0 Å². The molecule has 7 heteroatoms. The van der Waals surface area contributed by atoms with Crippen molar-refractivity contribution >= 4 is 60.9 Å². The highest BCUT2D eigenvalue weighted by molar-refractivity contribution is 9.11. The van der Waals surface area contributed by atoms with E-state index in [1.54, 1.807) is 13.1 Å². The Morgan fingerprint density at radius 3 is 2.38 bits per heavy atom. The SMILES string of the molecule is CNc1ncc(C(=O)Nc2c(Br)cc(C)cc2Br)cc1Cl. The van der Waals surface area contributed by atoms with Gasteiger partial charge in [0.2, 0.25) is 0 Å². The third kappa shape index (κ3) is 3.75. The molecule has 2 rings (SSSR count).